The van der Waals surface area contributed by atoms with Gasteiger partial charge < -0.3 is 10.2 Å². The fourth-order valence-electron chi connectivity index (χ4n) is 2.96. The summed E-state index contributed by atoms with van der Waals surface area (Å²) < 4.78 is 17.4. The molecule has 0 saturated carbocycles. The molecule has 0 spiro atoms. The Labute approximate surface area is 151 Å². The standard InChI is InChI=1S/C18H23FN4OS/c1-2-9-20-17(24)14-7-10-23(11-8-14)18-21-16(22-25-18)12-13-3-5-15(19)6-4-13/h3-6,14H,2,7-12H2,1H3,(H,20,24). The van der Waals surface area contributed by atoms with Gasteiger partial charge in [-0.2, -0.15) is 4.37 Å². The molecular formula is C18H23FN4OS. The van der Waals surface area contributed by atoms with Gasteiger partial charge in [0.1, 0.15) is 11.6 Å². The molecule has 2 heterocycles. The van der Waals surface area contributed by atoms with Crippen LogP contribution in [0.5, 0.6) is 0 Å². The predicted molar refractivity (Wildman–Crippen MR) is 97.4 cm³/mol. The first kappa shape index (κ1) is 17.8. The molecule has 5 nitrogen and oxygen atoms in total. The number of hydrogen-bond donors (Lipinski definition) is 1. The van der Waals surface area contributed by atoms with Crippen molar-refractivity contribution in [1.29, 1.82) is 0 Å². The summed E-state index contributed by atoms with van der Waals surface area (Å²) in [6.07, 6.45) is 3.27. The summed E-state index contributed by atoms with van der Waals surface area (Å²) in [6, 6.07) is 6.43. The SMILES string of the molecule is CCCNC(=O)C1CCN(c2nc(Cc3ccc(F)cc3)ns2)CC1. The van der Waals surface area contributed by atoms with Gasteiger partial charge in [0.05, 0.1) is 0 Å². The monoisotopic (exact) mass is 362 g/mol. The topological polar surface area (TPSA) is 58.1 Å². The highest BCUT2D eigenvalue weighted by atomic mass is 32.1. The first-order valence-electron chi connectivity index (χ1n) is 8.75. The third-order valence-electron chi connectivity index (χ3n) is 4.42. The summed E-state index contributed by atoms with van der Waals surface area (Å²) in [5, 5.41) is 3.89. The molecule has 1 N–H and O–H groups in total. The Bertz CT molecular complexity index is 695. The number of carbonyl (C=O) groups is 1. The molecule has 1 aliphatic heterocycles. The molecule has 1 saturated heterocycles. The van der Waals surface area contributed by atoms with Crippen LogP contribution in [0.1, 0.15) is 37.6 Å². The highest BCUT2D eigenvalue weighted by Gasteiger charge is 2.26. The van der Waals surface area contributed by atoms with Gasteiger partial charge in [0.15, 0.2) is 0 Å². The summed E-state index contributed by atoms with van der Waals surface area (Å²) in [5.41, 5.74) is 0.997. The van der Waals surface area contributed by atoms with Crippen LogP contribution in [-0.4, -0.2) is 34.9 Å². The van der Waals surface area contributed by atoms with E-state index < -0.39 is 0 Å². The van der Waals surface area contributed by atoms with Gasteiger partial charge in [-0.15, -0.1) is 0 Å². The van der Waals surface area contributed by atoms with Crippen molar-refractivity contribution in [1.82, 2.24) is 14.7 Å². The minimum absolute atomic E-state index is 0.106. The van der Waals surface area contributed by atoms with Crippen molar-refractivity contribution < 1.29 is 9.18 Å². The molecule has 3 rings (SSSR count). The third kappa shape index (κ3) is 4.75. The van der Waals surface area contributed by atoms with E-state index in [2.05, 4.69) is 26.5 Å². The van der Waals surface area contributed by atoms with E-state index >= 15 is 0 Å². The van der Waals surface area contributed by atoms with Crippen molar-refractivity contribution in [2.45, 2.75) is 32.6 Å². The number of halogens is 1. The van der Waals surface area contributed by atoms with Crippen LogP contribution >= 0.6 is 11.5 Å². The first-order chi connectivity index (χ1) is 12.2. The van der Waals surface area contributed by atoms with Crippen LogP contribution in [0.25, 0.3) is 0 Å². The zero-order valence-electron chi connectivity index (χ0n) is 14.4. The lowest BCUT2D eigenvalue weighted by Crippen LogP contribution is -2.40. The fourth-order valence-corrected chi connectivity index (χ4v) is 3.69. The number of benzene rings is 1. The molecule has 1 aromatic heterocycles. The van der Waals surface area contributed by atoms with Crippen LogP contribution in [0.2, 0.25) is 0 Å². The fraction of sp³-hybridized carbons (Fsp3) is 0.500. The average molecular weight is 362 g/mol. The normalized spacial score (nSPS) is 15.4. The van der Waals surface area contributed by atoms with Crippen LogP contribution in [-0.2, 0) is 11.2 Å². The first-order valence-corrected chi connectivity index (χ1v) is 9.52. The Morgan fingerprint density at radius 3 is 2.72 bits per heavy atom. The van der Waals surface area contributed by atoms with Crippen LogP contribution < -0.4 is 10.2 Å². The van der Waals surface area contributed by atoms with Crippen LogP contribution in [0.15, 0.2) is 24.3 Å². The molecule has 1 aliphatic rings. The summed E-state index contributed by atoms with van der Waals surface area (Å²) in [5.74, 6) is 0.807. The molecule has 134 valence electrons. The maximum absolute atomic E-state index is 13.0. The second kappa shape index (κ2) is 8.38. The van der Waals surface area contributed by atoms with Gasteiger partial charge in [0.25, 0.3) is 0 Å². The average Bonchev–Trinajstić information content (AvgIpc) is 3.10. The number of nitrogens with one attached hydrogen (secondary N) is 1. The van der Waals surface area contributed by atoms with E-state index in [1.165, 1.54) is 23.7 Å². The minimum atomic E-state index is -0.235. The largest absolute Gasteiger partial charge is 0.356 e. The van der Waals surface area contributed by atoms with Gasteiger partial charge >= 0.3 is 0 Å². The number of aromatic nitrogens is 2. The molecule has 1 aromatic carbocycles. The Kier molecular flexibility index (Phi) is 5.96. The van der Waals surface area contributed by atoms with E-state index in [-0.39, 0.29) is 17.6 Å². The van der Waals surface area contributed by atoms with Gasteiger partial charge in [-0.25, -0.2) is 9.37 Å². The van der Waals surface area contributed by atoms with E-state index in [0.717, 1.165) is 55.4 Å². The molecular weight excluding hydrogens is 339 g/mol. The van der Waals surface area contributed by atoms with Gasteiger partial charge in [-0.1, -0.05) is 19.1 Å². The number of rotatable bonds is 6. The van der Waals surface area contributed by atoms with Gasteiger partial charge in [-0.3, -0.25) is 4.79 Å². The highest BCUT2D eigenvalue weighted by Crippen LogP contribution is 2.25. The molecule has 0 aliphatic carbocycles. The molecule has 25 heavy (non-hydrogen) atoms. The number of anilines is 1. The molecule has 7 heteroatoms. The number of amides is 1. The Hall–Kier alpha value is -2.02. The lowest BCUT2D eigenvalue weighted by molar-refractivity contribution is -0.125. The molecule has 0 unspecified atom stereocenters. The maximum Gasteiger partial charge on any atom is 0.223 e. The molecule has 0 radical (unpaired) electrons. The smallest absolute Gasteiger partial charge is 0.223 e. The van der Waals surface area contributed by atoms with Crippen molar-refractivity contribution in [2.24, 2.45) is 5.92 Å². The Morgan fingerprint density at radius 2 is 2.04 bits per heavy atom. The summed E-state index contributed by atoms with van der Waals surface area (Å²) in [7, 11) is 0. The second-order valence-corrected chi connectivity index (χ2v) is 7.08. The second-order valence-electron chi connectivity index (χ2n) is 6.35. The van der Waals surface area contributed by atoms with E-state index in [1.54, 1.807) is 12.1 Å². The molecule has 2 aromatic rings. The van der Waals surface area contributed by atoms with Gasteiger partial charge in [0.2, 0.25) is 11.0 Å². The third-order valence-corrected chi connectivity index (χ3v) is 5.23. The number of hydrogen-bond acceptors (Lipinski definition) is 5. The van der Waals surface area contributed by atoms with E-state index in [9.17, 15) is 9.18 Å². The zero-order chi connectivity index (χ0) is 17.6. The van der Waals surface area contributed by atoms with Crippen molar-refractivity contribution >= 4 is 22.6 Å². The number of carbonyl (C=O) groups excluding carboxylic acids is 1. The van der Waals surface area contributed by atoms with Crippen molar-refractivity contribution in [3.8, 4) is 0 Å². The molecule has 1 fully saturated rings. The van der Waals surface area contributed by atoms with E-state index in [1.807, 2.05) is 0 Å². The van der Waals surface area contributed by atoms with Crippen LogP contribution in [0, 0.1) is 11.7 Å². The highest BCUT2D eigenvalue weighted by molar-refractivity contribution is 7.09. The van der Waals surface area contributed by atoms with Crippen molar-refractivity contribution in [2.75, 3.05) is 24.5 Å². The van der Waals surface area contributed by atoms with Crippen molar-refractivity contribution in [3.05, 3.63) is 41.5 Å². The lowest BCUT2D eigenvalue weighted by Gasteiger charge is -2.30. The molecule has 0 atom stereocenters. The van der Waals surface area contributed by atoms with Crippen molar-refractivity contribution in [3.63, 3.8) is 0 Å². The van der Waals surface area contributed by atoms with Gasteiger partial charge in [0, 0.05) is 43.5 Å². The van der Waals surface area contributed by atoms with Crippen LogP contribution in [0.4, 0.5) is 9.52 Å². The Morgan fingerprint density at radius 1 is 1.32 bits per heavy atom. The Balaban J connectivity index is 1.53. The summed E-state index contributed by atoms with van der Waals surface area (Å²) in [6.45, 7) is 4.47. The summed E-state index contributed by atoms with van der Waals surface area (Å²) in [4.78, 5) is 18.9. The minimum Gasteiger partial charge on any atom is -0.356 e. The van der Waals surface area contributed by atoms with Crippen LogP contribution in [0.3, 0.4) is 0 Å². The van der Waals surface area contributed by atoms with E-state index in [0.29, 0.717) is 6.42 Å². The summed E-state index contributed by atoms with van der Waals surface area (Å²) >= 11 is 1.39. The predicted octanol–water partition coefficient (Wildman–Crippen LogP) is 3.01. The number of nitrogens with zero attached hydrogens (tertiary/aromatic N) is 3. The number of piperidine rings is 1. The lowest BCUT2D eigenvalue weighted by atomic mass is 9.96. The molecule has 1 amide bonds. The quantitative estimate of drug-likeness (QED) is 0.858. The molecule has 0 bridgehead atoms. The maximum atomic E-state index is 13.0. The zero-order valence-corrected chi connectivity index (χ0v) is 15.2. The van der Waals surface area contributed by atoms with E-state index in [4.69, 9.17) is 0 Å². The van der Waals surface area contributed by atoms with Gasteiger partial charge in [-0.05, 0) is 37.0 Å².